The molecule has 0 saturated carbocycles. The van der Waals surface area contributed by atoms with Crippen molar-refractivity contribution in [2.24, 2.45) is 0 Å². The van der Waals surface area contributed by atoms with Crippen molar-refractivity contribution in [3.63, 3.8) is 0 Å². The van der Waals surface area contributed by atoms with Gasteiger partial charge in [-0.2, -0.15) is 0 Å². The van der Waals surface area contributed by atoms with E-state index in [1.165, 1.54) is 16.7 Å². The summed E-state index contributed by atoms with van der Waals surface area (Å²) >= 11 is 6.67. The van der Waals surface area contributed by atoms with Crippen LogP contribution in [-0.2, 0) is 4.79 Å². The lowest BCUT2D eigenvalue weighted by Crippen LogP contribution is -2.27. The number of para-hydroxylation sites is 1. The minimum Gasteiger partial charge on any atom is -0.422 e. The van der Waals surface area contributed by atoms with Crippen LogP contribution in [0, 0.1) is 0 Å². The van der Waals surface area contributed by atoms with Crippen LogP contribution in [0.4, 0.5) is 5.69 Å². The van der Waals surface area contributed by atoms with E-state index >= 15 is 0 Å². The van der Waals surface area contributed by atoms with E-state index in [2.05, 4.69) is 0 Å². The van der Waals surface area contributed by atoms with Gasteiger partial charge in [0.05, 0.1) is 16.2 Å². The van der Waals surface area contributed by atoms with Crippen LogP contribution in [0.2, 0.25) is 0 Å². The van der Waals surface area contributed by atoms with Gasteiger partial charge in [0.25, 0.3) is 5.91 Å². The summed E-state index contributed by atoms with van der Waals surface area (Å²) in [5.74, 6) is -0.246. The lowest BCUT2D eigenvalue weighted by molar-refractivity contribution is -0.113. The average Bonchev–Trinajstić information content (AvgIpc) is 3.01. The fourth-order valence-electron chi connectivity index (χ4n) is 3.40. The van der Waals surface area contributed by atoms with Gasteiger partial charge in [0.15, 0.2) is 4.32 Å². The molecule has 0 spiro atoms. The highest BCUT2D eigenvalue weighted by molar-refractivity contribution is 8.27. The summed E-state index contributed by atoms with van der Waals surface area (Å²) in [6.45, 7) is 0. The molecule has 1 aliphatic rings. The van der Waals surface area contributed by atoms with E-state index in [-0.39, 0.29) is 5.91 Å². The van der Waals surface area contributed by atoms with Crippen LogP contribution in [0.5, 0.6) is 0 Å². The van der Waals surface area contributed by atoms with Gasteiger partial charge in [0.1, 0.15) is 5.58 Å². The maximum Gasteiger partial charge on any atom is 0.343 e. The fourth-order valence-corrected chi connectivity index (χ4v) is 4.67. The Morgan fingerprint density at radius 2 is 1.62 bits per heavy atom. The molecule has 5 rings (SSSR count). The van der Waals surface area contributed by atoms with Crippen molar-refractivity contribution in [3.8, 4) is 0 Å². The summed E-state index contributed by atoms with van der Waals surface area (Å²) < 4.78 is 5.80. The molecular weight excluding hydrogens is 402 g/mol. The molecule has 1 amide bonds. The first-order valence-corrected chi connectivity index (χ1v) is 10.1. The molecule has 2 heterocycles. The first-order valence-electron chi connectivity index (χ1n) is 8.90. The number of benzene rings is 3. The molecule has 0 unspecified atom stereocenters. The molecular formula is C23H13NO3S2. The SMILES string of the molecule is O=C1/C(=C/c2cc3ccccc3oc2=O)SC(=S)N1c1cccc2ccccc12. The summed E-state index contributed by atoms with van der Waals surface area (Å²) in [5.41, 5.74) is 1.08. The van der Waals surface area contributed by atoms with Gasteiger partial charge >= 0.3 is 5.63 Å². The van der Waals surface area contributed by atoms with E-state index < -0.39 is 5.63 Å². The van der Waals surface area contributed by atoms with Gasteiger partial charge in [-0.1, -0.05) is 78.6 Å². The summed E-state index contributed by atoms with van der Waals surface area (Å²) in [7, 11) is 0. The second-order valence-electron chi connectivity index (χ2n) is 6.54. The lowest BCUT2D eigenvalue weighted by Gasteiger charge is -2.17. The molecule has 0 bridgehead atoms. The minimum absolute atomic E-state index is 0.246. The van der Waals surface area contributed by atoms with Crippen molar-refractivity contribution >= 4 is 67.7 Å². The number of thiocarbonyl (C=S) groups is 1. The number of nitrogens with zero attached hydrogens (tertiary/aromatic N) is 1. The van der Waals surface area contributed by atoms with Crippen molar-refractivity contribution in [2.45, 2.75) is 0 Å². The third-order valence-corrected chi connectivity index (χ3v) is 6.06. The Balaban J connectivity index is 1.59. The zero-order chi connectivity index (χ0) is 20.0. The van der Waals surface area contributed by atoms with Gasteiger partial charge in [0.2, 0.25) is 0 Å². The summed E-state index contributed by atoms with van der Waals surface area (Å²) in [4.78, 5) is 27.4. The molecule has 1 fully saturated rings. The molecule has 4 nitrogen and oxygen atoms in total. The monoisotopic (exact) mass is 415 g/mol. The van der Waals surface area contributed by atoms with Gasteiger partial charge < -0.3 is 4.42 Å². The van der Waals surface area contributed by atoms with Crippen LogP contribution in [0.1, 0.15) is 5.56 Å². The number of carbonyl (C=O) groups excluding carboxylic acids is 1. The number of rotatable bonds is 2. The van der Waals surface area contributed by atoms with Crippen LogP contribution >= 0.6 is 24.0 Å². The van der Waals surface area contributed by atoms with Crippen LogP contribution in [0.15, 0.2) is 86.9 Å². The van der Waals surface area contributed by atoms with E-state index in [0.717, 1.165) is 21.8 Å². The lowest BCUT2D eigenvalue weighted by atomic mass is 10.1. The third kappa shape index (κ3) is 3.06. The van der Waals surface area contributed by atoms with Crippen molar-refractivity contribution in [1.29, 1.82) is 0 Å². The number of hydrogen-bond acceptors (Lipinski definition) is 5. The predicted molar refractivity (Wildman–Crippen MR) is 122 cm³/mol. The first kappa shape index (κ1) is 17.8. The van der Waals surface area contributed by atoms with Crippen LogP contribution in [0.25, 0.3) is 27.8 Å². The van der Waals surface area contributed by atoms with E-state index in [1.807, 2.05) is 54.6 Å². The summed E-state index contributed by atoms with van der Waals surface area (Å²) in [6, 6.07) is 22.6. The van der Waals surface area contributed by atoms with Crippen molar-refractivity contribution in [1.82, 2.24) is 0 Å². The summed E-state index contributed by atoms with van der Waals surface area (Å²) in [6.07, 6.45) is 1.56. The number of hydrogen-bond donors (Lipinski definition) is 0. The second kappa shape index (κ2) is 6.99. The van der Waals surface area contributed by atoms with E-state index in [4.69, 9.17) is 16.6 Å². The molecule has 1 aliphatic heterocycles. The second-order valence-corrected chi connectivity index (χ2v) is 8.22. The standard InChI is InChI=1S/C23H13NO3S2/c25-21-20(13-16-12-15-7-2-4-11-19(15)27-22(16)26)29-23(28)24(21)18-10-5-8-14-6-1-3-9-17(14)18/h1-13H/b20-13-. The number of anilines is 1. The Labute approximate surface area is 175 Å². The minimum atomic E-state index is -0.487. The van der Waals surface area contributed by atoms with Crippen molar-refractivity contribution in [3.05, 3.63) is 93.7 Å². The maximum atomic E-state index is 13.2. The van der Waals surface area contributed by atoms with E-state index in [9.17, 15) is 9.59 Å². The smallest absolute Gasteiger partial charge is 0.343 e. The largest absolute Gasteiger partial charge is 0.422 e. The van der Waals surface area contributed by atoms with Crippen molar-refractivity contribution in [2.75, 3.05) is 4.90 Å². The number of amides is 1. The Bertz CT molecular complexity index is 1400. The van der Waals surface area contributed by atoms with Gasteiger partial charge in [0, 0.05) is 10.8 Å². The predicted octanol–water partition coefficient (Wildman–Crippen LogP) is 5.35. The zero-order valence-electron chi connectivity index (χ0n) is 15.0. The number of thioether (sulfide) groups is 1. The molecule has 0 radical (unpaired) electrons. The van der Waals surface area contributed by atoms with E-state index in [0.29, 0.717) is 20.4 Å². The Morgan fingerprint density at radius 1 is 0.897 bits per heavy atom. The summed E-state index contributed by atoms with van der Waals surface area (Å²) in [5, 5.41) is 2.76. The topological polar surface area (TPSA) is 50.5 Å². The van der Waals surface area contributed by atoms with E-state index in [1.54, 1.807) is 24.3 Å². The molecule has 29 heavy (non-hydrogen) atoms. The van der Waals surface area contributed by atoms with Gasteiger partial charge in [-0.05, 0) is 29.7 Å². The Morgan fingerprint density at radius 3 is 2.48 bits per heavy atom. The molecule has 0 aliphatic carbocycles. The Hall–Kier alpha value is -3.22. The highest BCUT2D eigenvalue weighted by atomic mass is 32.2. The molecule has 1 saturated heterocycles. The van der Waals surface area contributed by atoms with Crippen LogP contribution < -0.4 is 10.5 Å². The van der Waals surface area contributed by atoms with Crippen molar-refractivity contribution < 1.29 is 9.21 Å². The Kier molecular flexibility index (Phi) is 4.30. The zero-order valence-corrected chi connectivity index (χ0v) is 16.6. The number of fused-ring (bicyclic) bond motifs is 2. The molecule has 140 valence electrons. The average molecular weight is 415 g/mol. The van der Waals surface area contributed by atoms with Crippen LogP contribution in [-0.4, -0.2) is 10.2 Å². The normalized spacial score (nSPS) is 15.7. The fraction of sp³-hybridized carbons (Fsp3) is 0. The highest BCUT2D eigenvalue weighted by Gasteiger charge is 2.34. The highest BCUT2D eigenvalue weighted by Crippen LogP contribution is 2.38. The molecule has 0 atom stereocenters. The molecule has 6 heteroatoms. The first-order chi connectivity index (χ1) is 14.1. The van der Waals surface area contributed by atoms with Crippen LogP contribution in [0.3, 0.4) is 0 Å². The molecule has 1 aromatic heterocycles. The maximum absolute atomic E-state index is 13.2. The molecule has 3 aromatic carbocycles. The quantitative estimate of drug-likeness (QED) is 0.251. The molecule has 0 N–H and O–H groups in total. The van der Waals surface area contributed by atoms with Gasteiger partial charge in [-0.15, -0.1) is 0 Å². The third-order valence-electron chi connectivity index (χ3n) is 4.76. The van der Waals surface area contributed by atoms with Gasteiger partial charge in [-0.3, -0.25) is 9.69 Å². The molecule has 4 aromatic rings. The van der Waals surface area contributed by atoms with Gasteiger partial charge in [-0.25, -0.2) is 4.79 Å². The number of carbonyl (C=O) groups is 1.